The molecular formula is C17H15BrFN5O3. The molecule has 0 saturated carbocycles. The number of terminal acetylenes is 1. The number of nitrogens with zero attached hydrogens (tertiary/aromatic N) is 4. The van der Waals surface area contributed by atoms with Gasteiger partial charge in [-0.25, -0.2) is 19.3 Å². The molecule has 2 unspecified atom stereocenters. The fourth-order valence-electron chi connectivity index (χ4n) is 3.05. The van der Waals surface area contributed by atoms with Crippen LogP contribution in [-0.4, -0.2) is 58.7 Å². The molecule has 1 fully saturated rings. The van der Waals surface area contributed by atoms with Crippen molar-refractivity contribution in [2.24, 2.45) is 0 Å². The van der Waals surface area contributed by atoms with Crippen molar-refractivity contribution in [3.63, 3.8) is 0 Å². The third-order valence-electron chi connectivity index (χ3n) is 4.48. The maximum atomic E-state index is 14.6. The summed E-state index contributed by atoms with van der Waals surface area (Å²) in [6.07, 6.45) is 9.98. The zero-order valence-electron chi connectivity index (χ0n) is 13.8. The van der Waals surface area contributed by atoms with Crippen LogP contribution in [0.25, 0.3) is 11.2 Å². The van der Waals surface area contributed by atoms with Crippen molar-refractivity contribution in [3.8, 4) is 12.3 Å². The molecule has 0 bridgehead atoms. The van der Waals surface area contributed by atoms with Crippen LogP contribution in [0.15, 0.2) is 37.0 Å². The van der Waals surface area contributed by atoms with Gasteiger partial charge in [0.2, 0.25) is 4.58 Å². The van der Waals surface area contributed by atoms with Crippen LogP contribution in [0, 0.1) is 12.3 Å². The SMILES string of the molecule is C#C[C@H]1O[C@@H](n2cnc3c(NC4C=CC=CC4(F)Br)ncnc32)[C@H](O)[C@@H]1O. The van der Waals surface area contributed by atoms with Crippen molar-refractivity contribution >= 4 is 32.9 Å². The normalized spacial score (nSPS) is 35.4. The van der Waals surface area contributed by atoms with E-state index in [9.17, 15) is 14.6 Å². The molecule has 3 N–H and O–H groups in total. The molecule has 140 valence electrons. The number of fused-ring (bicyclic) bond motifs is 1. The van der Waals surface area contributed by atoms with Crippen LogP contribution < -0.4 is 5.32 Å². The van der Waals surface area contributed by atoms with Crippen LogP contribution in [0.2, 0.25) is 0 Å². The Morgan fingerprint density at radius 2 is 2.11 bits per heavy atom. The molecule has 2 aromatic rings. The zero-order chi connectivity index (χ0) is 19.2. The highest BCUT2D eigenvalue weighted by Gasteiger charge is 2.43. The van der Waals surface area contributed by atoms with E-state index >= 15 is 0 Å². The lowest BCUT2D eigenvalue weighted by molar-refractivity contribution is -0.0230. The second-order valence-electron chi connectivity index (χ2n) is 6.18. The van der Waals surface area contributed by atoms with E-state index in [4.69, 9.17) is 11.2 Å². The smallest absolute Gasteiger partial charge is 0.207 e. The molecule has 0 aromatic carbocycles. The number of aliphatic hydroxyl groups excluding tert-OH is 2. The standard InChI is InChI=1S/C17H15BrFN5O3/c1-2-9-12(25)13(26)16(27-9)24-8-22-11-14(20-7-21-15(11)24)23-10-5-3-4-6-17(10,18)19/h1,3-10,12-13,16,25-26H,(H,20,21,23)/t9-,10?,12-,13-,16-,17?/m1/s1. The Morgan fingerprint density at radius 3 is 2.81 bits per heavy atom. The van der Waals surface area contributed by atoms with E-state index in [-0.39, 0.29) is 0 Å². The summed E-state index contributed by atoms with van der Waals surface area (Å²) in [4.78, 5) is 12.6. The summed E-state index contributed by atoms with van der Waals surface area (Å²) in [5.41, 5.74) is 0.703. The fourth-order valence-corrected chi connectivity index (χ4v) is 3.47. The van der Waals surface area contributed by atoms with Gasteiger partial charge in [0, 0.05) is 0 Å². The maximum Gasteiger partial charge on any atom is 0.207 e. The van der Waals surface area contributed by atoms with Crippen molar-refractivity contribution < 1.29 is 19.3 Å². The van der Waals surface area contributed by atoms with Crippen molar-refractivity contribution in [1.29, 1.82) is 0 Å². The largest absolute Gasteiger partial charge is 0.386 e. The lowest BCUT2D eigenvalue weighted by Gasteiger charge is -2.26. The molecule has 2 aromatic heterocycles. The van der Waals surface area contributed by atoms with Gasteiger partial charge in [0.05, 0.1) is 12.4 Å². The van der Waals surface area contributed by atoms with Crippen molar-refractivity contribution in [3.05, 3.63) is 37.0 Å². The van der Waals surface area contributed by atoms with Gasteiger partial charge in [-0.05, 0) is 22.0 Å². The summed E-state index contributed by atoms with van der Waals surface area (Å²) >= 11 is 3.03. The lowest BCUT2D eigenvalue weighted by atomic mass is 10.1. The molecule has 2 aliphatic rings. The molecule has 0 amide bonds. The van der Waals surface area contributed by atoms with E-state index in [0.717, 1.165) is 0 Å². The number of hydrogen-bond donors (Lipinski definition) is 3. The number of anilines is 1. The summed E-state index contributed by atoms with van der Waals surface area (Å²) in [6, 6.07) is -0.716. The van der Waals surface area contributed by atoms with E-state index in [2.05, 4.69) is 42.1 Å². The maximum absolute atomic E-state index is 14.6. The molecule has 0 spiro atoms. The van der Waals surface area contributed by atoms with E-state index in [1.165, 1.54) is 23.3 Å². The van der Waals surface area contributed by atoms with Crippen LogP contribution in [0.3, 0.4) is 0 Å². The van der Waals surface area contributed by atoms with Crippen LogP contribution in [0.5, 0.6) is 0 Å². The molecule has 0 radical (unpaired) electrons. The number of aromatic nitrogens is 4. The zero-order valence-corrected chi connectivity index (χ0v) is 15.4. The summed E-state index contributed by atoms with van der Waals surface area (Å²) < 4.78 is 19.8. The summed E-state index contributed by atoms with van der Waals surface area (Å²) in [6.45, 7) is 0. The molecule has 4 rings (SSSR count). The molecule has 1 saturated heterocycles. The van der Waals surface area contributed by atoms with Crippen LogP contribution in [0.4, 0.5) is 10.2 Å². The van der Waals surface area contributed by atoms with Crippen molar-refractivity contribution in [1.82, 2.24) is 19.5 Å². The van der Waals surface area contributed by atoms with Gasteiger partial charge in [-0.2, -0.15) is 0 Å². The van der Waals surface area contributed by atoms with Gasteiger partial charge >= 0.3 is 0 Å². The first-order valence-electron chi connectivity index (χ1n) is 8.08. The number of imidazole rings is 1. The Labute approximate surface area is 161 Å². The number of rotatable bonds is 3. The fraction of sp³-hybridized carbons (Fsp3) is 0.353. The summed E-state index contributed by atoms with van der Waals surface area (Å²) in [5.74, 6) is 2.60. The van der Waals surface area contributed by atoms with Crippen molar-refractivity contribution in [2.75, 3.05) is 5.32 Å². The van der Waals surface area contributed by atoms with Gasteiger partial charge in [0.1, 0.15) is 24.6 Å². The van der Waals surface area contributed by atoms with Gasteiger partial charge in [0.25, 0.3) is 0 Å². The Morgan fingerprint density at radius 1 is 1.30 bits per heavy atom. The highest BCUT2D eigenvalue weighted by Crippen LogP contribution is 2.34. The summed E-state index contributed by atoms with van der Waals surface area (Å²) in [7, 11) is 0. The molecule has 10 heteroatoms. The number of allylic oxidation sites excluding steroid dienone is 2. The van der Waals surface area contributed by atoms with Crippen molar-refractivity contribution in [2.45, 2.75) is 35.2 Å². The Hall–Kier alpha value is -2.32. The van der Waals surface area contributed by atoms with Gasteiger partial charge < -0.3 is 20.3 Å². The first-order valence-corrected chi connectivity index (χ1v) is 8.87. The minimum atomic E-state index is -1.78. The average Bonchev–Trinajstić information content (AvgIpc) is 3.19. The average molecular weight is 436 g/mol. The molecule has 27 heavy (non-hydrogen) atoms. The Bertz CT molecular complexity index is 969. The number of nitrogens with one attached hydrogen (secondary N) is 1. The molecule has 8 nitrogen and oxygen atoms in total. The number of alkyl halides is 2. The second-order valence-corrected chi connectivity index (χ2v) is 7.40. The van der Waals surface area contributed by atoms with Crippen LogP contribution >= 0.6 is 15.9 Å². The van der Waals surface area contributed by atoms with Gasteiger partial charge in [0.15, 0.2) is 23.2 Å². The first-order chi connectivity index (χ1) is 12.9. The van der Waals surface area contributed by atoms with E-state index in [1.54, 1.807) is 18.2 Å². The number of hydrogen-bond acceptors (Lipinski definition) is 7. The van der Waals surface area contributed by atoms with Crippen LogP contribution in [-0.2, 0) is 4.74 Å². The monoisotopic (exact) mass is 435 g/mol. The van der Waals surface area contributed by atoms with Gasteiger partial charge in [-0.15, -0.1) is 6.42 Å². The van der Waals surface area contributed by atoms with E-state index in [0.29, 0.717) is 17.0 Å². The molecular weight excluding hydrogens is 421 g/mol. The molecule has 6 atom stereocenters. The Kier molecular flexibility index (Phi) is 4.47. The number of halogens is 2. The van der Waals surface area contributed by atoms with Crippen LogP contribution in [0.1, 0.15) is 6.23 Å². The van der Waals surface area contributed by atoms with E-state index in [1.807, 2.05) is 0 Å². The second kappa shape index (κ2) is 6.69. The highest BCUT2D eigenvalue weighted by molar-refractivity contribution is 9.10. The summed E-state index contributed by atoms with van der Waals surface area (Å²) in [5, 5.41) is 23.2. The minimum absolute atomic E-state index is 0.312. The number of ether oxygens (including phenoxy) is 1. The highest BCUT2D eigenvalue weighted by atomic mass is 79.9. The first kappa shape index (κ1) is 18.1. The third-order valence-corrected chi connectivity index (χ3v) is 5.23. The van der Waals surface area contributed by atoms with Gasteiger partial charge in [-0.3, -0.25) is 4.57 Å². The topological polar surface area (TPSA) is 105 Å². The third kappa shape index (κ3) is 3.02. The molecule has 1 aliphatic carbocycles. The molecule has 3 heterocycles. The van der Waals surface area contributed by atoms with E-state index < -0.39 is 35.2 Å². The molecule has 1 aliphatic heterocycles. The Balaban J connectivity index is 1.68. The minimum Gasteiger partial charge on any atom is -0.386 e. The number of aliphatic hydroxyl groups is 2. The lowest BCUT2D eigenvalue weighted by Crippen LogP contribution is -2.36. The predicted octanol–water partition coefficient (Wildman–Crippen LogP) is 1.05. The predicted molar refractivity (Wildman–Crippen MR) is 98.5 cm³/mol. The quantitative estimate of drug-likeness (QED) is 0.488. The van der Waals surface area contributed by atoms with Gasteiger partial charge in [-0.1, -0.05) is 24.1 Å².